The van der Waals surface area contributed by atoms with Crippen molar-refractivity contribution in [1.29, 1.82) is 0 Å². The molecule has 55 heavy (non-hydrogen) atoms. The lowest BCUT2D eigenvalue weighted by atomic mass is 9.58. The van der Waals surface area contributed by atoms with E-state index in [1.54, 1.807) is 32.0 Å². The van der Waals surface area contributed by atoms with Crippen LogP contribution >= 0.6 is 0 Å². The predicted octanol–water partition coefficient (Wildman–Crippen LogP) is 5.38. The van der Waals surface area contributed by atoms with Crippen LogP contribution in [0.4, 0.5) is 9.59 Å². The number of carbonyl (C=O) groups excluding carboxylic acids is 4. The molecule has 0 aliphatic heterocycles. The molecule has 2 aromatic carbocycles. The van der Waals surface area contributed by atoms with Gasteiger partial charge in [-0.25, -0.2) is 14.6 Å². The average Bonchev–Trinajstić information content (AvgIpc) is 3.12. The first-order chi connectivity index (χ1) is 25.9. The van der Waals surface area contributed by atoms with Gasteiger partial charge < -0.3 is 30.5 Å². The first-order valence-corrected chi connectivity index (χ1v) is 18.9. The van der Waals surface area contributed by atoms with Gasteiger partial charge in [0, 0.05) is 36.8 Å². The van der Waals surface area contributed by atoms with E-state index in [1.807, 2.05) is 100 Å². The normalized spacial score (nSPS) is 17.9. The van der Waals surface area contributed by atoms with E-state index in [0.29, 0.717) is 19.3 Å². The summed E-state index contributed by atoms with van der Waals surface area (Å²) in [6.45, 7) is 13.3. The molecule has 4 amide bonds. The summed E-state index contributed by atoms with van der Waals surface area (Å²) in [5.41, 5.74) is 5.20. The minimum atomic E-state index is -1.15. The van der Waals surface area contributed by atoms with E-state index in [-0.39, 0.29) is 31.0 Å². The second-order valence-electron chi connectivity index (χ2n) is 16.3. The van der Waals surface area contributed by atoms with E-state index < -0.39 is 53.2 Å². The minimum Gasteiger partial charge on any atom is -0.453 e. The number of aliphatic hydroxyl groups excluding tert-OH is 1. The molecular weight excluding hydrogens is 700 g/mol. The zero-order valence-electron chi connectivity index (χ0n) is 33.3. The van der Waals surface area contributed by atoms with Crippen LogP contribution in [0.3, 0.4) is 0 Å². The summed E-state index contributed by atoms with van der Waals surface area (Å²) in [7, 11) is 1.24. The number of rotatable bonds is 16. The Morgan fingerprint density at radius 2 is 1.60 bits per heavy atom. The number of aliphatic hydroxyl groups is 1. The Morgan fingerprint density at radius 1 is 0.927 bits per heavy atom. The lowest BCUT2D eigenvalue weighted by Gasteiger charge is -2.51. The fourth-order valence-corrected chi connectivity index (χ4v) is 6.68. The number of pyridine rings is 1. The summed E-state index contributed by atoms with van der Waals surface area (Å²) in [6.07, 6.45) is 0.401. The lowest BCUT2D eigenvalue weighted by Crippen LogP contribution is -2.64. The van der Waals surface area contributed by atoms with Crippen molar-refractivity contribution < 1.29 is 33.8 Å². The van der Waals surface area contributed by atoms with Crippen LogP contribution < -0.4 is 21.4 Å². The second-order valence-corrected chi connectivity index (χ2v) is 16.3. The summed E-state index contributed by atoms with van der Waals surface area (Å²) in [4.78, 5) is 56.8. The van der Waals surface area contributed by atoms with Crippen molar-refractivity contribution in [2.75, 3.05) is 13.7 Å². The number of hydrogen-bond donors (Lipinski definition) is 5. The number of nitrogens with zero attached hydrogens (tertiary/aromatic N) is 2. The molecule has 5 atom stereocenters. The third-order valence-electron chi connectivity index (χ3n) is 9.83. The van der Waals surface area contributed by atoms with Gasteiger partial charge in [-0.05, 0) is 74.6 Å². The van der Waals surface area contributed by atoms with E-state index in [4.69, 9.17) is 9.47 Å². The van der Waals surface area contributed by atoms with E-state index in [9.17, 15) is 24.3 Å². The Morgan fingerprint density at radius 3 is 2.18 bits per heavy atom. The first kappa shape index (κ1) is 42.7. The monoisotopic (exact) mass is 758 g/mol. The highest BCUT2D eigenvalue weighted by Gasteiger charge is 2.53. The van der Waals surface area contributed by atoms with Gasteiger partial charge in [0.1, 0.15) is 11.6 Å². The zero-order valence-corrected chi connectivity index (χ0v) is 33.3. The van der Waals surface area contributed by atoms with Crippen LogP contribution in [0, 0.1) is 17.3 Å². The molecule has 1 aliphatic rings. The van der Waals surface area contributed by atoms with E-state index in [0.717, 1.165) is 22.4 Å². The Labute approximate surface area is 324 Å². The maximum atomic E-state index is 13.9. The van der Waals surface area contributed by atoms with Crippen molar-refractivity contribution in [1.82, 2.24) is 31.4 Å². The van der Waals surface area contributed by atoms with Crippen LogP contribution in [0.5, 0.6) is 0 Å². The highest BCUT2D eigenvalue weighted by Crippen LogP contribution is 2.46. The SMILES string of the molecule is COC(=O)N[C@@H](CC(C)C)C(=O)NN(Cc1ccc(-c2ccccn2)cc1)C[C@H](O)[C@H](Cc1ccccc1)NC(=O)[C@H]1C[C@@H](NC(=O)OC(C)(C)C)C1(C)C. The van der Waals surface area contributed by atoms with Gasteiger partial charge in [0.2, 0.25) is 5.91 Å². The van der Waals surface area contributed by atoms with Crippen LogP contribution in [0.25, 0.3) is 11.3 Å². The summed E-state index contributed by atoms with van der Waals surface area (Å²) >= 11 is 0. The number of hydrazine groups is 1. The summed E-state index contributed by atoms with van der Waals surface area (Å²) in [6, 6.07) is 21.1. The van der Waals surface area contributed by atoms with Crippen LogP contribution in [-0.4, -0.2) is 82.6 Å². The van der Waals surface area contributed by atoms with E-state index in [2.05, 4.69) is 26.4 Å². The van der Waals surface area contributed by atoms with Crippen LogP contribution in [0.15, 0.2) is 79.0 Å². The fourth-order valence-electron chi connectivity index (χ4n) is 6.68. The summed E-state index contributed by atoms with van der Waals surface area (Å²) in [5.74, 6) is -1.08. The lowest BCUT2D eigenvalue weighted by molar-refractivity contribution is -0.139. The highest BCUT2D eigenvalue weighted by atomic mass is 16.6. The maximum absolute atomic E-state index is 13.9. The molecule has 0 radical (unpaired) electrons. The molecule has 0 bridgehead atoms. The highest BCUT2D eigenvalue weighted by molar-refractivity contribution is 5.85. The number of ether oxygens (including phenoxy) is 2. The zero-order chi connectivity index (χ0) is 40.3. The van der Waals surface area contributed by atoms with Crippen molar-refractivity contribution in [3.05, 3.63) is 90.1 Å². The van der Waals surface area contributed by atoms with Crippen LogP contribution in [0.1, 0.15) is 72.4 Å². The van der Waals surface area contributed by atoms with Gasteiger partial charge in [-0.3, -0.25) is 20.0 Å². The fraction of sp³-hybridized carbons (Fsp3) is 0.500. The molecular formula is C42H58N6O7. The summed E-state index contributed by atoms with van der Waals surface area (Å²) in [5, 5.41) is 22.2. The standard InChI is InChI=1S/C42H58N6O7/c1-27(2)22-34(45-39(52)54-8)38(51)47-48(25-29-17-19-30(20-18-29)32-16-12-13-21-43-32)26-35(49)33(23-28-14-10-9-11-15-28)44-37(50)31-24-36(42(31,6)7)46-40(53)55-41(3,4)5/h9-21,27,31,33-36,49H,22-26H2,1-8H3,(H,44,50)(H,45,52)(H,46,53)(H,47,51)/t31-,33+,34+,35+,36-/m1/s1. The number of amides is 4. The van der Waals surface area contributed by atoms with Gasteiger partial charge in [0.05, 0.1) is 24.9 Å². The smallest absolute Gasteiger partial charge is 0.407 e. The Kier molecular flexibility index (Phi) is 14.8. The molecule has 0 saturated heterocycles. The number of benzene rings is 2. The van der Waals surface area contributed by atoms with Gasteiger partial charge in [0.25, 0.3) is 5.91 Å². The van der Waals surface area contributed by atoms with Crippen molar-refractivity contribution in [3.8, 4) is 11.3 Å². The third-order valence-corrected chi connectivity index (χ3v) is 9.83. The van der Waals surface area contributed by atoms with Gasteiger partial charge in [-0.1, -0.05) is 88.4 Å². The largest absolute Gasteiger partial charge is 0.453 e. The molecule has 1 aliphatic carbocycles. The molecule has 0 spiro atoms. The number of methoxy groups -OCH3 is 1. The molecule has 1 heterocycles. The van der Waals surface area contributed by atoms with Crippen LogP contribution in [0.2, 0.25) is 0 Å². The molecule has 13 nitrogen and oxygen atoms in total. The quantitative estimate of drug-likeness (QED) is 0.120. The molecule has 1 saturated carbocycles. The predicted molar refractivity (Wildman–Crippen MR) is 210 cm³/mol. The van der Waals surface area contributed by atoms with Gasteiger partial charge >= 0.3 is 12.2 Å². The molecule has 0 unspecified atom stereocenters. The third kappa shape index (κ3) is 12.8. The topological polar surface area (TPSA) is 171 Å². The molecule has 1 fully saturated rings. The van der Waals surface area contributed by atoms with Crippen molar-refractivity contribution in [2.24, 2.45) is 17.3 Å². The van der Waals surface area contributed by atoms with Gasteiger partial charge in [0.15, 0.2) is 0 Å². The molecule has 4 rings (SSSR count). The van der Waals surface area contributed by atoms with Crippen molar-refractivity contribution in [3.63, 3.8) is 0 Å². The Bertz CT molecular complexity index is 1710. The number of hydrogen-bond acceptors (Lipinski definition) is 9. The number of aromatic nitrogens is 1. The summed E-state index contributed by atoms with van der Waals surface area (Å²) < 4.78 is 10.2. The Hall–Kier alpha value is -5.01. The molecule has 3 aromatic rings. The first-order valence-electron chi connectivity index (χ1n) is 18.9. The molecule has 1 aromatic heterocycles. The van der Waals surface area contributed by atoms with Crippen LogP contribution in [-0.2, 0) is 32.0 Å². The molecule has 298 valence electrons. The second kappa shape index (κ2) is 19.0. The van der Waals surface area contributed by atoms with E-state index >= 15 is 0 Å². The number of alkyl carbamates (subject to hydrolysis) is 2. The number of carbonyl (C=O) groups is 4. The van der Waals surface area contributed by atoms with Gasteiger partial charge in [-0.2, -0.15) is 0 Å². The average molecular weight is 759 g/mol. The Balaban J connectivity index is 1.56. The van der Waals surface area contributed by atoms with Crippen molar-refractivity contribution >= 4 is 24.0 Å². The van der Waals surface area contributed by atoms with Gasteiger partial charge in [-0.15, -0.1) is 0 Å². The van der Waals surface area contributed by atoms with Crippen molar-refractivity contribution in [2.45, 2.75) is 104 Å². The molecule has 5 N–H and O–H groups in total. The molecule has 13 heteroatoms. The maximum Gasteiger partial charge on any atom is 0.407 e. The van der Waals surface area contributed by atoms with E-state index in [1.165, 1.54) is 7.11 Å². The number of nitrogens with one attached hydrogen (secondary N) is 4. The minimum absolute atomic E-state index is 0.0605.